The largest absolute Gasteiger partial charge is 0.493 e. The topological polar surface area (TPSA) is 93.1 Å². The van der Waals surface area contributed by atoms with Crippen LogP contribution in [-0.4, -0.2) is 44.1 Å². The highest BCUT2D eigenvalue weighted by Gasteiger charge is 2.39. The molecule has 8 heteroatoms. The van der Waals surface area contributed by atoms with Crippen molar-refractivity contribution in [3.8, 4) is 11.5 Å². The molecule has 1 aliphatic heterocycles. The Bertz CT molecular complexity index is 940. The first-order valence-electron chi connectivity index (χ1n) is 7.92. The Balaban J connectivity index is 2.06. The van der Waals surface area contributed by atoms with Gasteiger partial charge in [-0.05, 0) is 23.3 Å². The molecule has 1 atom stereocenters. The molecule has 138 valence electrons. The highest BCUT2D eigenvalue weighted by Crippen LogP contribution is 2.33. The molecule has 1 heterocycles. The molecule has 26 heavy (non-hydrogen) atoms. The number of methoxy groups -OCH3 is 2. The van der Waals surface area contributed by atoms with Gasteiger partial charge in [0.15, 0.2) is 11.5 Å². The van der Waals surface area contributed by atoms with Crippen molar-refractivity contribution in [1.82, 2.24) is 4.31 Å². The lowest BCUT2D eigenvalue weighted by atomic mass is 9.96. The first-order valence-corrected chi connectivity index (χ1v) is 9.36. The summed E-state index contributed by atoms with van der Waals surface area (Å²) in [4.78, 5) is 11.7. The Kier molecular flexibility index (Phi) is 4.88. The molecule has 1 aliphatic rings. The number of hydrogen-bond donors (Lipinski definition) is 1. The van der Waals surface area contributed by atoms with Gasteiger partial charge in [-0.2, -0.15) is 4.31 Å². The molecule has 0 radical (unpaired) electrons. The zero-order valence-corrected chi connectivity index (χ0v) is 15.2. The summed E-state index contributed by atoms with van der Waals surface area (Å²) in [6.07, 6.45) is 0.123. The maximum atomic E-state index is 13.1. The van der Waals surface area contributed by atoms with Crippen LogP contribution in [0.2, 0.25) is 0 Å². The van der Waals surface area contributed by atoms with Crippen LogP contribution in [0, 0.1) is 0 Å². The van der Waals surface area contributed by atoms with Crippen LogP contribution in [0.15, 0.2) is 47.4 Å². The summed E-state index contributed by atoms with van der Waals surface area (Å²) in [5.41, 5.74) is 1.65. The lowest BCUT2D eigenvalue weighted by molar-refractivity contribution is -0.141. The average molecular weight is 377 g/mol. The van der Waals surface area contributed by atoms with Crippen LogP contribution >= 0.6 is 0 Å². The van der Waals surface area contributed by atoms with Gasteiger partial charge >= 0.3 is 5.97 Å². The molecule has 0 amide bonds. The summed E-state index contributed by atoms with van der Waals surface area (Å²) < 4.78 is 37.6. The highest BCUT2D eigenvalue weighted by atomic mass is 32.2. The van der Waals surface area contributed by atoms with Gasteiger partial charge < -0.3 is 14.6 Å². The van der Waals surface area contributed by atoms with Gasteiger partial charge in [0.05, 0.1) is 19.1 Å². The third-order valence-electron chi connectivity index (χ3n) is 4.45. The average Bonchev–Trinajstić information content (AvgIpc) is 2.66. The maximum absolute atomic E-state index is 13.1. The molecule has 2 aromatic carbocycles. The van der Waals surface area contributed by atoms with E-state index in [-0.39, 0.29) is 23.6 Å². The van der Waals surface area contributed by atoms with Gasteiger partial charge in [-0.1, -0.05) is 24.3 Å². The van der Waals surface area contributed by atoms with Gasteiger partial charge in [0, 0.05) is 19.0 Å². The number of rotatable bonds is 5. The number of sulfonamides is 1. The number of benzene rings is 2. The van der Waals surface area contributed by atoms with Crippen LogP contribution in [0.25, 0.3) is 0 Å². The zero-order valence-electron chi connectivity index (χ0n) is 14.4. The standard InChI is InChI=1S/C18H19NO6S/c1-24-16-8-7-14(10-17(16)25-2)26(22,23)19-11-13-6-4-3-5-12(13)9-15(19)18(20)21/h3-8,10,15H,9,11H2,1-2H3,(H,20,21)/t15-/m0/s1. The minimum atomic E-state index is -4.04. The number of nitrogens with zero attached hydrogens (tertiary/aromatic N) is 1. The van der Waals surface area contributed by atoms with Crippen molar-refractivity contribution in [1.29, 1.82) is 0 Å². The number of ether oxygens (including phenoxy) is 2. The lowest BCUT2D eigenvalue weighted by Crippen LogP contribution is -2.48. The smallest absolute Gasteiger partial charge is 0.322 e. The van der Waals surface area contributed by atoms with Crippen molar-refractivity contribution in [3.63, 3.8) is 0 Å². The summed E-state index contributed by atoms with van der Waals surface area (Å²) in [6, 6.07) is 10.3. The SMILES string of the molecule is COc1ccc(S(=O)(=O)N2Cc3ccccc3C[C@H]2C(=O)O)cc1OC. The van der Waals surface area contributed by atoms with Crippen LogP contribution in [0.4, 0.5) is 0 Å². The number of hydrogen-bond acceptors (Lipinski definition) is 5. The van der Waals surface area contributed by atoms with E-state index >= 15 is 0 Å². The number of aliphatic carboxylic acids is 1. The van der Waals surface area contributed by atoms with E-state index in [2.05, 4.69) is 0 Å². The molecule has 0 spiro atoms. The van der Waals surface area contributed by atoms with Crippen LogP contribution in [0.5, 0.6) is 11.5 Å². The third kappa shape index (κ3) is 3.13. The van der Waals surface area contributed by atoms with E-state index < -0.39 is 22.0 Å². The van der Waals surface area contributed by atoms with Crippen molar-refractivity contribution in [3.05, 3.63) is 53.6 Å². The predicted octanol–water partition coefficient (Wildman–Crippen LogP) is 1.90. The lowest BCUT2D eigenvalue weighted by Gasteiger charge is -2.33. The van der Waals surface area contributed by atoms with E-state index in [9.17, 15) is 18.3 Å². The normalized spacial score (nSPS) is 17.4. The first-order chi connectivity index (χ1) is 12.4. The predicted molar refractivity (Wildman–Crippen MR) is 93.8 cm³/mol. The second-order valence-electron chi connectivity index (χ2n) is 5.89. The Labute approximate surface area is 151 Å². The Morgan fingerprint density at radius 1 is 1.08 bits per heavy atom. The minimum absolute atomic E-state index is 0.00379. The van der Waals surface area contributed by atoms with Gasteiger partial charge in [0.25, 0.3) is 0 Å². The van der Waals surface area contributed by atoms with Gasteiger partial charge in [0.1, 0.15) is 6.04 Å². The summed E-state index contributed by atoms with van der Waals surface area (Å²) in [7, 11) is -1.18. The second kappa shape index (κ2) is 6.97. The minimum Gasteiger partial charge on any atom is -0.493 e. The van der Waals surface area contributed by atoms with Crippen LogP contribution in [0.1, 0.15) is 11.1 Å². The Hall–Kier alpha value is -2.58. The Morgan fingerprint density at radius 2 is 1.73 bits per heavy atom. The highest BCUT2D eigenvalue weighted by molar-refractivity contribution is 7.89. The number of carbonyl (C=O) groups is 1. The van der Waals surface area contributed by atoms with Crippen molar-refractivity contribution in [2.45, 2.75) is 23.9 Å². The molecule has 2 aromatic rings. The maximum Gasteiger partial charge on any atom is 0.322 e. The molecular formula is C18H19NO6S. The number of carboxylic acids is 1. The molecule has 0 saturated carbocycles. The van der Waals surface area contributed by atoms with Crippen molar-refractivity contribution >= 4 is 16.0 Å². The van der Waals surface area contributed by atoms with E-state index in [1.54, 1.807) is 6.07 Å². The van der Waals surface area contributed by atoms with Gasteiger partial charge in [-0.15, -0.1) is 0 Å². The molecule has 0 bridgehead atoms. The van der Waals surface area contributed by atoms with Gasteiger partial charge in [0.2, 0.25) is 10.0 Å². The molecule has 3 rings (SSSR count). The van der Waals surface area contributed by atoms with E-state index in [4.69, 9.17) is 9.47 Å². The fourth-order valence-corrected chi connectivity index (χ4v) is 4.65. The molecular weight excluding hydrogens is 358 g/mol. The van der Waals surface area contributed by atoms with E-state index in [1.807, 2.05) is 18.2 Å². The zero-order chi connectivity index (χ0) is 18.9. The second-order valence-corrected chi connectivity index (χ2v) is 7.78. The van der Waals surface area contributed by atoms with E-state index in [0.717, 1.165) is 15.4 Å². The fourth-order valence-electron chi connectivity index (χ4n) is 3.07. The molecule has 7 nitrogen and oxygen atoms in total. The summed E-state index contributed by atoms with van der Waals surface area (Å²) in [5.74, 6) is -0.522. The van der Waals surface area contributed by atoms with E-state index in [0.29, 0.717) is 5.75 Å². The summed E-state index contributed by atoms with van der Waals surface area (Å²) in [5, 5.41) is 9.58. The number of fused-ring (bicyclic) bond motifs is 1. The summed E-state index contributed by atoms with van der Waals surface area (Å²) >= 11 is 0. The monoisotopic (exact) mass is 377 g/mol. The summed E-state index contributed by atoms with van der Waals surface area (Å²) in [6.45, 7) is 0.00379. The molecule has 1 N–H and O–H groups in total. The van der Waals surface area contributed by atoms with Crippen LogP contribution in [-0.2, 0) is 27.8 Å². The molecule has 0 aliphatic carbocycles. The Morgan fingerprint density at radius 3 is 2.35 bits per heavy atom. The van der Waals surface area contributed by atoms with Crippen molar-refractivity contribution in [2.24, 2.45) is 0 Å². The molecule has 0 unspecified atom stereocenters. The quantitative estimate of drug-likeness (QED) is 0.856. The van der Waals surface area contributed by atoms with Gasteiger partial charge in [-0.3, -0.25) is 4.79 Å². The fraction of sp³-hybridized carbons (Fsp3) is 0.278. The van der Waals surface area contributed by atoms with Crippen molar-refractivity contribution < 1.29 is 27.8 Å². The molecule has 0 fully saturated rings. The van der Waals surface area contributed by atoms with Gasteiger partial charge in [-0.25, -0.2) is 8.42 Å². The van der Waals surface area contributed by atoms with Crippen LogP contribution in [0.3, 0.4) is 0 Å². The molecule has 0 aromatic heterocycles. The third-order valence-corrected chi connectivity index (χ3v) is 6.30. The first kappa shape index (κ1) is 18.2. The van der Waals surface area contributed by atoms with Crippen molar-refractivity contribution in [2.75, 3.05) is 14.2 Å². The molecule has 0 saturated heterocycles. The van der Waals surface area contributed by atoms with Crippen LogP contribution < -0.4 is 9.47 Å². The van der Waals surface area contributed by atoms with E-state index in [1.165, 1.54) is 32.4 Å². The number of carboxylic acid groups (broad SMARTS) is 1.